The number of ether oxygens (including phenoxy) is 1. The number of hydrogen-bond acceptors (Lipinski definition) is 7. The van der Waals surface area contributed by atoms with Crippen molar-refractivity contribution in [2.24, 2.45) is 0 Å². The Labute approximate surface area is 170 Å². The maximum atomic E-state index is 12.1. The van der Waals surface area contributed by atoms with Crippen molar-refractivity contribution < 1.29 is 19.2 Å². The predicted octanol–water partition coefficient (Wildman–Crippen LogP) is 3.94. The molecule has 0 aliphatic carbocycles. The van der Waals surface area contributed by atoms with Crippen LogP contribution < -0.4 is 5.32 Å². The van der Waals surface area contributed by atoms with E-state index in [0.717, 1.165) is 26.4 Å². The highest BCUT2D eigenvalue weighted by molar-refractivity contribution is 7.18. The van der Waals surface area contributed by atoms with Crippen LogP contribution in [0.15, 0.2) is 36.4 Å². The van der Waals surface area contributed by atoms with E-state index in [1.807, 2.05) is 24.3 Å². The molecule has 0 aliphatic heterocycles. The number of thiazole rings is 1. The van der Waals surface area contributed by atoms with Crippen LogP contribution in [0.4, 0.5) is 11.4 Å². The van der Waals surface area contributed by atoms with Gasteiger partial charge in [-0.1, -0.05) is 12.1 Å². The Morgan fingerprint density at radius 1 is 1.21 bits per heavy atom. The van der Waals surface area contributed by atoms with Crippen LogP contribution in [-0.2, 0) is 20.7 Å². The molecule has 150 valence electrons. The van der Waals surface area contributed by atoms with E-state index in [2.05, 4.69) is 10.3 Å². The van der Waals surface area contributed by atoms with Gasteiger partial charge in [0.15, 0.2) is 6.61 Å². The van der Waals surface area contributed by atoms with Crippen molar-refractivity contribution in [2.45, 2.75) is 26.7 Å². The number of anilines is 1. The van der Waals surface area contributed by atoms with Crippen molar-refractivity contribution in [3.8, 4) is 0 Å². The molecule has 8 nitrogen and oxygen atoms in total. The average Bonchev–Trinajstić information content (AvgIpc) is 3.10. The van der Waals surface area contributed by atoms with Gasteiger partial charge in [-0.05, 0) is 43.2 Å². The minimum absolute atomic E-state index is 0.0774. The molecule has 0 saturated heterocycles. The molecule has 0 fully saturated rings. The monoisotopic (exact) mass is 413 g/mol. The van der Waals surface area contributed by atoms with Gasteiger partial charge in [-0.2, -0.15) is 0 Å². The summed E-state index contributed by atoms with van der Waals surface area (Å²) in [4.78, 5) is 39.1. The van der Waals surface area contributed by atoms with E-state index < -0.39 is 23.4 Å². The summed E-state index contributed by atoms with van der Waals surface area (Å²) in [6.45, 7) is 3.03. The first-order valence-corrected chi connectivity index (χ1v) is 9.70. The van der Waals surface area contributed by atoms with Crippen molar-refractivity contribution in [1.29, 1.82) is 0 Å². The Kier molecular flexibility index (Phi) is 6.18. The molecule has 0 bridgehead atoms. The number of carbonyl (C=O) groups is 2. The molecule has 9 heteroatoms. The van der Waals surface area contributed by atoms with E-state index in [1.165, 1.54) is 23.5 Å². The van der Waals surface area contributed by atoms with Gasteiger partial charge in [0.25, 0.3) is 11.6 Å². The smallest absolute Gasteiger partial charge is 0.306 e. The molecule has 0 atom stereocenters. The summed E-state index contributed by atoms with van der Waals surface area (Å²) < 4.78 is 6.03. The van der Waals surface area contributed by atoms with Gasteiger partial charge >= 0.3 is 5.97 Å². The van der Waals surface area contributed by atoms with Crippen molar-refractivity contribution in [3.63, 3.8) is 0 Å². The zero-order chi connectivity index (χ0) is 21.0. The third-order valence-electron chi connectivity index (χ3n) is 4.33. The molecule has 0 aliphatic rings. The Bertz CT molecular complexity index is 1060. The summed E-state index contributed by atoms with van der Waals surface area (Å²) in [5.74, 6) is -1.17. The normalized spacial score (nSPS) is 10.7. The van der Waals surface area contributed by atoms with Gasteiger partial charge < -0.3 is 10.1 Å². The summed E-state index contributed by atoms with van der Waals surface area (Å²) in [6.07, 6.45) is 0.513. The number of rotatable bonds is 7. The van der Waals surface area contributed by atoms with E-state index in [-0.39, 0.29) is 17.8 Å². The number of nitro groups is 1. The average molecular weight is 413 g/mol. The zero-order valence-corrected chi connectivity index (χ0v) is 16.7. The maximum Gasteiger partial charge on any atom is 0.306 e. The first-order valence-electron chi connectivity index (χ1n) is 8.89. The lowest BCUT2D eigenvalue weighted by atomic mass is 10.1. The Morgan fingerprint density at radius 2 is 1.93 bits per heavy atom. The SMILES string of the molecule is Cc1cc(NC(=O)COC(=O)CCc2nc3ccccc3s2)c([N+](=O)[O-])cc1C. The molecule has 1 N–H and O–H groups in total. The summed E-state index contributed by atoms with van der Waals surface area (Å²) in [6, 6.07) is 10.6. The van der Waals surface area contributed by atoms with E-state index in [9.17, 15) is 19.7 Å². The van der Waals surface area contributed by atoms with Crippen LogP contribution >= 0.6 is 11.3 Å². The van der Waals surface area contributed by atoms with Crippen LogP contribution in [0.1, 0.15) is 22.6 Å². The number of amides is 1. The lowest BCUT2D eigenvalue weighted by Gasteiger charge is -2.09. The third kappa shape index (κ3) is 5.14. The summed E-state index contributed by atoms with van der Waals surface area (Å²) >= 11 is 1.51. The topological polar surface area (TPSA) is 111 Å². The number of benzene rings is 2. The quantitative estimate of drug-likeness (QED) is 0.357. The molecule has 0 spiro atoms. The number of hydrogen-bond donors (Lipinski definition) is 1. The third-order valence-corrected chi connectivity index (χ3v) is 5.42. The fourth-order valence-electron chi connectivity index (χ4n) is 2.69. The fraction of sp³-hybridized carbons (Fsp3) is 0.250. The number of nitro benzene ring substituents is 1. The number of carbonyl (C=O) groups excluding carboxylic acids is 2. The summed E-state index contributed by atoms with van der Waals surface area (Å²) in [5.41, 5.74) is 2.31. The van der Waals surface area contributed by atoms with Gasteiger partial charge in [0.1, 0.15) is 5.69 Å². The van der Waals surface area contributed by atoms with Gasteiger partial charge in [-0.25, -0.2) is 4.98 Å². The molecule has 3 rings (SSSR count). The second-order valence-electron chi connectivity index (χ2n) is 6.49. The van der Waals surface area contributed by atoms with E-state index in [4.69, 9.17) is 4.74 Å². The van der Waals surface area contributed by atoms with E-state index in [0.29, 0.717) is 6.42 Å². The van der Waals surface area contributed by atoms with E-state index >= 15 is 0 Å². The van der Waals surface area contributed by atoms with Crippen LogP contribution in [0.5, 0.6) is 0 Å². The molecule has 1 heterocycles. The van der Waals surface area contributed by atoms with Gasteiger partial charge in [-0.3, -0.25) is 19.7 Å². The first-order chi connectivity index (χ1) is 13.8. The predicted molar refractivity (Wildman–Crippen MR) is 110 cm³/mol. The molecule has 29 heavy (non-hydrogen) atoms. The number of fused-ring (bicyclic) bond motifs is 1. The second kappa shape index (κ2) is 8.78. The van der Waals surface area contributed by atoms with Gasteiger partial charge in [0.05, 0.1) is 26.6 Å². The number of esters is 1. The Balaban J connectivity index is 1.52. The number of nitrogens with zero attached hydrogens (tertiary/aromatic N) is 2. The molecule has 0 radical (unpaired) electrons. The van der Waals surface area contributed by atoms with E-state index in [1.54, 1.807) is 13.8 Å². The van der Waals surface area contributed by atoms with Crippen LogP contribution in [0.25, 0.3) is 10.2 Å². The molecule has 0 unspecified atom stereocenters. The minimum atomic E-state index is -0.635. The molecule has 1 amide bonds. The number of para-hydroxylation sites is 1. The number of aryl methyl sites for hydroxylation is 3. The first kappa shape index (κ1) is 20.4. The van der Waals surface area contributed by atoms with Gasteiger partial charge in [-0.15, -0.1) is 11.3 Å². The zero-order valence-electron chi connectivity index (χ0n) is 15.9. The lowest BCUT2D eigenvalue weighted by Crippen LogP contribution is -2.21. The highest BCUT2D eigenvalue weighted by atomic mass is 32.1. The summed E-state index contributed by atoms with van der Waals surface area (Å²) in [7, 11) is 0. The molecule has 0 saturated carbocycles. The van der Waals surface area contributed by atoms with Gasteiger partial charge in [0.2, 0.25) is 0 Å². The standard InChI is InChI=1S/C20H19N3O5S/c1-12-9-15(16(23(26)27)10-13(12)2)21-18(24)11-28-20(25)8-7-19-22-14-5-3-4-6-17(14)29-19/h3-6,9-10H,7-8,11H2,1-2H3,(H,21,24). The molecular formula is C20H19N3O5S. The largest absolute Gasteiger partial charge is 0.456 e. The van der Waals surface area contributed by atoms with Crippen LogP contribution in [0.3, 0.4) is 0 Å². The molecular weight excluding hydrogens is 394 g/mol. The molecule has 3 aromatic rings. The fourth-order valence-corrected chi connectivity index (χ4v) is 3.66. The van der Waals surface area contributed by atoms with Crippen molar-refractivity contribution in [3.05, 3.63) is 62.6 Å². The second-order valence-corrected chi connectivity index (χ2v) is 7.61. The number of aromatic nitrogens is 1. The number of nitrogens with one attached hydrogen (secondary N) is 1. The molecule has 2 aromatic carbocycles. The highest BCUT2D eigenvalue weighted by Gasteiger charge is 2.18. The summed E-state index contributed by atoms with van der Waals surface area (Å²) in [5, 5.41) is 14.4. The maximum absolute atomic E-state index is 12.1. The van der Waals surface area contributed by atoms with Crippen LogP contribution in [0.2, 0.25) is 0 Å². The van der Waals surface area contributed by atoms with Crippen LogP contribution in [-0.4, -0.2) is 28.4 Å². The molecule has 1 aromatic heterocycles. The van der Waals surface area contributed by atoms with Crippen molar-refractivity contribution >= 4 is 44.8 Å². The lowest BCUT2D eigenvalue weighted by molar-refractivity contribution is -0.384. The Hall–Kier alpha value is -3.33. The van der Waals surface area contributed by atoms with Gasteiger partial charge in [0, 0.05) is 12.5 Å². The van der Waals surface area contributed by atoms with Crippen molar-refractivity contribution in [1.82, 2.24) is 4.98 Å². The Morgan fingerprint density at radius 3 is 2.66 bits per heavy atom. The van der Waals surface area contributed by atoms with Crippen molar-refractivity contribution in [2.75, 3.05) is 11.9 Å². The highest BCUT2D eigenvalue weighted by Crippen LogP contribution is 2.28. The minimum Gasteiger partial charge on any atom is -0.456 e. The van der Waals surface area contributed by atoms with Crippen LogP contribution in [0, 0.1) is 24.0 Å².